The highest BCUT2D eigenvalue weighted by Gasteiger charge is 2.32. The summed E-state index contributed by atoms with van der Waals surface area (Å²) in [4.78, 5) is 10.8. The second-order valence-corrected chi connectivity index (χ2v) is 5.74. The minimum atomic E-state index is -0.201. The van der Waals surface area contributed by atoms with Crippen molar-refractivity contribution < 1.29 is 9.53 Å². The van der Waals surface area contributed by atoms with Crippen molar-refractivity contribution in [2.45, 2.75) is 90.1 Å². The van der Waals surface area contributed by atoms with E-state index in [1.807, 2.05) is 0 Å². The fraction of sp³-hybridized carbons (Fsp3) is 0.824. The molecule has 1 rings (SSSR count). The summed E-state index contributed by atoms with van der Waals surface area (Å²) in [5, 5.41) is 0. The number of hydrogen-bond donors (Lipinski definition) is 0. The second-order valence-electron chi connectivity index (χ2n) is 5.74. The van der Waals surface area contributed by atoms with Gasteiger partial charge < -0.3 is 4.74 Å². The van der Waals surface area contributed by atoms with Gasteiger partial charge in [-0.2, -0.15) is 0 Å². The summed E-state index contributed by atoms with van der Waals surface area (Å²) in [6, 6.07) is 0. The summed E-state index contributed by atoms with van der Waals surface area (Å²) in [5.74, 6) is -0.201. The van der Waals surface area contributed by atoms with Crippen LogP contribution in [0.2, 0.25) is 0 Å². The van der Waals surface area contributed by atoms with E-state index in [-0.39, 0.29) is 12.1 Å². The van der Waals surface area contributed by atoms with E-state index >= 15 is 0 Å². The SMILES string of the molecule is C=C1C(=O)OC1CCCCCCCCCCCCC. The Labute approximate surface area is 118 Å². The van der Waals surface area contributed by atoms with Crippen LogP contribution >= 0.6 is 0 Å². The molecule has 0 spiro atoms. The molecule has 0 bridgehead atoms. The van der Waals surface area contributed by atoms with E-state index < -0.39 is 0 Å². The third-order valence-electron chi connectivity index (χ3n) is 3.97. The molecule has 0 saturated carbocycles. The van der Waals surface area contributed by atoms with Crippen LogP contribution < -0.4 is 0 Å². The molecular formula is C17H30O2. The Balaban J connectivity index is 1.74. The van der Waals surface area contributed by atoms with Crippen LogP contribution in [0.15, 0.2) is 12.2 Å². The van der Waals surface area contributed by atoms with Crippen LogP contribution in [0.4, 0.5) is 0 Å². The normalized spacial score (nSPS) is 18.3. The lowest BCUT2D eigenvalue weighted by Crippen LogP contribution is -2.35. The van der Waals surface area contributed by atoms with Gasteiger partial charge in [0.15, 0.2) is 0 Å². The van der Waals surface area contributed by atoms with Crippen molar-refractivity contribution in [1.29, 1.82) is 0 Å². The number of carbonyl (C=O) groups excluding carboxylic acids is 1. The predicted octanol–water partition coefficient (Wildman–Crippen LogP) is 5.17. The Kier molecular flexibility index (Phi) is 8.61. The van der Waals surface area contributed by atoms with E-state index in [0.29, 0.717) is 5.57 Å². The topological polar surface area (TPSA) is 26.3 Å². The first-order chi connectivity index (χ1) is 9.25. The van der Waals surface area contributed by atoms with Crippen LogP contribution in [0.5, 0.6) is 0 Å². The van der Waals surface area contributed by atoms with Crippen molar-refractivity contribution in [2.75, 3.05) is 0 Å². The minimum absolute atomic E-state index is 0.0334. The van der Waals surface area contributed by atoms with Gasteiger partial charge in [0.25, 0.3) is 0 Å². The molecule has 1 aliphatic heterocycles. The Morgan fingerprint density at radius 1 is 0.895 bits per heavy atom. The van der Waals surface area contributed by atoms with Crippen LogP contribution in [0.25, 0.3) is 0 Å². The second kappa shape index (κ2) is 10.1. The summed E-state index contributed by atoms with van der Waals surface area (Å²) < 4.78 is 5.00. The zero-order chi connectivity index (χ0) is 13.9. The Bertz CT molecular complexity index is 270. The molecule has 0 aromatic heterocycles. The highest BCUT2D eigenvalue weighted by molar-refractivity contribution is 5.94. The van der Waals surface area contributed by atoms with Gasteiger partial charge >= 0.3 is 5.97 Å². The van der Waals surface area contributed by atoms with E-state index in [1.54, 1.807) is 0 Å². The van der Waals surface area contributed by atoms with Gasteiger partial charge in [-0.1, -0.05) is 77.7 Å². The molecule has 0 aliphatic carbocycles. The number of rotatable bonds is 12. The third kappa shape index (κ3) is 6.79. The first-order valence-electron chi connectivity index (χ1n) is 8.15. The average Bonchev–Trinajstić information content (AvgIpc) is 2.43. The molecule has 1 aliphatic rings. The summed E-state index contributed by atoms with van der Waals surface area (Å²) >= 11 is 0. The molecule has 19 heavy (non-hydrogen) atoms. The van der Waals surface area contributed by atoms with Gasteiger partial charge in [0.1, 0.15) is 6.10 Å². The van der Waals surface area contributed by atoms with Crippen molar-refractivity contribution in [3.05, 3.63) is 12.2 Å². The van der Waals surface area contributed by atoms with Crippen LogP contribution in [0, 0.1) is 0 Å². The lowest BCUT2D eigenvalue weighted by Gasteiger charge is -2.27. The molecule has 0 N–H and O–H groups in total. The lowest BCUT2D eigenvalue weighted by atomic mass is 9.99. The van der Waals surface area contributed by atoms with Crippen LogP contribution in [-0.2, 0) is 9.53 Å². The number of cyclic esters (lactones) is 1. The van der Waals surface area contributed by atoms with E-state index in [1.165, 1.54) is 64.2 Å². The van der Waals surface area contributed by atoms with E-state index in [2.05, 4.69) is 13.5 Å². The number of hydrogen-bond acceptors (Lipinski definition) is 2. The largest absolute Gasteiger partial charge is 0.454 e. The molecule has 1 unspecified atom stereocenters. The maximum Gasteiger partial charge on any atom is 0.337 e. The van der Waals surface area contributed by atoms with Gasteiger partial charge in [-0.25, -0.2) is 4.79 Å². The van der Waals surface area contributed by atoms with E-state index in [0.717, 1.165) is 12.8 Å². The highest BCUT2D eigenvalue weighted by atomic mass is 16.6. The van der Waals surface area contributed by atoms with Crippen LogP contribution in [-0.4, -0.2) is 12.1 Å². The molecule has 0 amide bonds. The quantitative estimate of drug-likeness (QED) is 0.277. The van der Waals surface area contributed by atoms with Crippen LogP contribution in [0.3, 0.4) is 0 Å². The Morgan fingerprint density at radius 3 is 1.79 bits per heavy atom. The molecule has 2 nitrogen and oxygen atoms in total. The standard InChI is InChI=1S/C17H30O2/c1-3-4-5-6-7-8-9-10-11-12-13-14-16-15(2)17(18)19-16/h16H,2-14H2,1H3. The molecule has 110 valence electrons. The maximum absolute atomic E-state index is 10.8. The smallest absolute Gasteiger partial charge is 0.337 e. The van der Waals surface area contributed by atoms with Crippen molar-refractivity contribution in [3.63, 3.8) is 0 Å². The number of unbranched alkanes of at least 4 members (excludes halogenated alkanes) is 10. The summed E-state index contributed by atoms with van der Waals surface area (Å²) in [5.41, 5.74) is 0.673. The molecule has 1 atom stereocenters. The van der Waals surface area contributed by atoms with Gasteiger partial charge in [-0.05, 0) is 12.8 Å². The first-order valence-corrected chi connectivity index (χ1v) is 8.15. The van der Waals surface area contributed by atoms with Crippen molar-refractivity contribution in [2.24, 2.45) is 0 Å². The first kappa shape index (κ1) is 16.3. The molecule has 1 fully saturated rings. The van der Waals surface area contributed by atoms with E-state index in [4.69, 9.17) is 4.74 Å². The fourth-order valence-electron chi connectivity index (χ4n) is 2.58. The van der Waals surface area contributed by atoms with Crippen LogP contribution in [0.1, 0.15) is 84.0 Å². The maximum atomic E-state index is 10.8. The predicted molar refractivity (Wildman–Crippen MR) is 80.1 cm³/mol. The number of esters is 1. The summed E-state index contributed by atoms with van der Waals surface area (Å²) in [6.07, 6.45) is 15.9. The zero-order valence-corrected chi connectivity index (χ0v) is 12.6. The molecular weight excluding hydrogens is 236 g/mol. The van der Waals surface area contributed by atoms with Gasteiger partial charge in [-0.15, -0.1) is 0 Å². The van der Waals surface area contributed by atoms with E-state index in [9.17, 15) is 4.79 Å². The molecule has 0 radical (unpaired) electrons. The monoisotopic (exact) mass is 266 g/mol. The van der Waals surface area contributed by atoms with Gasteiger partial charge in [-0.3, -0.25) is 0 Å². The van der Waals surface area contributed by atoms with Gasteiger partial charge in [0, 0.05) is 0 Å². The van der Waals surface area contributed by atoms with Gasteiger partial charge in [0.2, 0.25) is 0 Å². The number of ether oxygens (including phenoxy) is 1. The fourth-order valence-corrected chi connectivity index (χ4v) is 2.58. The van der Waals surface area contributed by atoms with Crippen molar-refractivity contribution in [3.8, 4) is 0 Å². The molecule has 1 heterocycles. The minimum Gasteiger partial charge on any atom is -0.454 e. The van der Waals surface area contributed by atoms with Gasteiger partial charge in [0.05, 0.1) is 5.57 Å². The average molecular weight is 266 g/mol. The summed E-state index contributed by atoms with van der Waals surface area (Å²) in [7, 11) is 0. The van der Waals surface area contributed by atoms with Crippen molar-refractivity contribution in [1.82, 2.24) is 0 Å². The van der Waals surface area contributed by atoms with Crippen molar-refractivity contribution >= 4 is 5.97 Å². The molecule has 0 aromatic carbocycles. The Hall–Kier alpha value is -0.790. The molecule has 0 aromatic rings. The Morgan fingerprint density at radius 2 is 1.37 bits per heavy atom. The zero-order valence-electron chi connectivity index (χ0n) is 12.6. The third-order valence-corrected chi connectivity index (χ3v) is 3.97. The highest BCUT2D eigenvalue weighted by Crippen LogP contribution is 2.24. The number of carbonyl (C=O) groups is 1. The lowest BCUT2D eigenvalue weighted by molar-refractivity contribution is -0.156. The molecule has 2 heteroatoms. The molecule has 1 saturated heterocycles. The summed E-state index contributed by atoms with van der Waals surface area (Å²) in [6.45, 7) is 5.98.